The Bertz CT molecular complexity index is 569. The van der Waals surface area contributed by atoms with Crippen molar-refractivity contribution >= 4 is 15.7 Å². The van der Waals surface area contributed by atoms with Crippen LogP contribution < -0.4 is 0 Å². The molecule has 17 heavy (non-hydrogen) atoms. The summed E-state index contributed by atoms with van der Waals surface area (Å²) in [6, 6.07) is 1.63. The molecule has 1 heterocycles. The summed E-state index contributed by atoms with van der Waals surface area (Å²) in [4.78, 5) is 9.74. The maximum atomic E-state index is 11.2. The Morgan fingerprint density at radius 1 is 1.65 bits per heavy atom. The third-order valence-electron chi connectivity index (χ3n) is 2.11. The molecule has 9 heteroatoms. The summed E-state index contributed by atoms with van der Waals surface area (Å²) in [7, 11) is -3.16. The lowest BCUT2D eigenvalue weighted by atomic mass is 10.4. The summed E-state index contributed by atoms with van der Waals surface area (Å²) >= 11 is 0. The minimum atomic E-state index is -3.16. The van der Waals surface area contributed by atoms with E-state index in [0.29, 0.717) is 0 Å². The molecule has 0 N–H and O–H groups in total. The molecule has 1 aromatic heterocycles. The molecule has 0 saturated carbocycles. The second-order valence-corrected chi connectivity index (χ2v) is 5.71. The van der Waals surface area contributed by atoms with Crippen LogP contribution in [0.5, 0.6) is 0 Å². The highest BCUT2D eigenvalue weighted by Crippen LogP contribution is 2.14. The topological polar surface area (TPSA) is 119 Å². The highest BCUT2D eigenvalue weighted by atomic mass is 32.2. The first-order valence-electron chi connectivity index (χ1n) is 4.72. The Morgan fingerprint density at radius 2 is 2.29 bits per heavy atom. The molecule has 0 radical (unpaired) electrons. The van der Waals surface area contributed by atoms with E-state index in [1.54, 1.807) is 6.07 Å². The van der Waals surface area contributed by atoms with Crippen LogP contribution in [0.3, 0.4) is 0 Å². The van der Waals surface area contributed by atoms with E-state index in [-0.39, 0.29) is 23.6 Å². The molecule has 0 aliphatic carbocycles. The van der Waals surface area contributed by atoms with E-state index >= 15 is 0 Å². The lowest BCUT2D eigenvalue weighted by Gasteiger charge is -1.97. The van der Waals surface area contributed by atoms with Gasteiger partial charge in [0, 0.05) is 5.75 Å². The number of aryl methyl sites for hydroxylation is 1. The van der Waals surface area contributed by atoms with E-state index in [2.05, 4.69) is 5.10 Å². The van der Waals surface area contributed by atoms with Crippen LogP contribution in [-0.2, 0) is 16.4 Å². The van der Waals surface area contributed by atoms with Crippen LogP contribution in [0, 0.1) is 21.4 Å². The SMILES string of the molecule is CCS(=O)(=O)CCn1cc(C#N)c([N+](=O)[O-])n1. The number of rotatable bonds is 5. The summed E-state index contributed by atoms with van der Waals surface area (Å²) in [5, 5.41) is 22.7. The highest BCUT2D eigenvalue weighted by molar-refractivity contribution is 7.91. The lowest BCUT2D eigenvalue weighted by molar-refractivity contribution is -0.390. The summed E-state index contributed by atoms with van der Waals surface area (Å²) in [6.45, 7) is 1.51. The Morgan fingerprint density at radius 3 is 2.71 bits per heavy atom. The lowest BCUT2D eigenvalue weighted by Crippen LogP contribution is -2.15. The van der Waals surface area contributed by atoms with Gasteiger partial charge in [-0.15, -0.1) is 0 Å². The highest BCUT2D eigenvalue weighted by Gasteiger charge is 2.21. The second kappa shape index (κ2) is 4.92. The molecule has 1 rings (SSSR count). The van der Waals surface area contributed by atoms with Crippen molar-refractivity contribution in [2.24, 2.45) is 0 Å². The molecule has 0 atom stereocenters. The van der Waals surface area contributed by atoms with Crippen LogP contribution in [0.2, 0.25) is 0 Å². The number of sulfone groups is 1. The number of nitriles is 1. The zero-order chi connectivity index (χ0) is 13.1. The predicted molar refractivity (Wildman–Crippen MR) is 57.9 cm³/mol. The van der Waals surface area contributed by atoms with E-state index in [1.165, 1.54) is 13.1 Å². The van der Waals surface area contributed by atoms with E-state index in [1.807, 2.05) is 0 Å². The molecule has 0 saturated heterocycles. The number of aromatic nitrogens is 2. The molecular formula is C8H10N4O4S. The van der Waals surface area contributed by atoms with Crippen molar-refractivity contribution in [2.75, 3.05) is 11.5 Å². The van der Waals surface area contributed by atoms with E-state index in [0.717, 1.165) is 4.68 Å². The average molecular weight is 258 g/mol. The number of hydrogen-bond donors (Lipinski definition) is 0. The van der Waals surface area contributed by atoms with Crippen LogP contribution in [0.15, 0.2) is 6.20 Å². The standard InChI is InChI=1S/C8H10N4O4S/c1-2-17(15,16)4-3-11-6-7(5-9)8(10-11)12(13)14/h6H,2-4H2,1H3. The van der Waals surface area contributed by atoms with Crippen molar-refractivity contribution in [1.82, 2.24) is 9.78 Å². The van der Waals surface area contributed by atoms with Gasteiger partial charge in [-0.25, -0.2) is 8.42 Å². The van der Waals surface area contributed by atoms with Gasteiger partial charge in [0.2, 0.25) is 0 Å². The molecule has 92 valence electrons. The van der Waals surface area contributed by atoms with Gasteiger partial charge >= 0.3 is 5.82 Å². The first-order valence-corrected chi connectivity index (χ1v) is 6.54. The average Bonchev–Trinajstić information content (AvgIpc) is 2.70. The summed E-state index contributed by atoms with van der Waals surface area (Å²) in [5.74, 6) is -0.712. The molecule has 0 aliphatic rings. The molecule has 0 aliphatic heterocycles. The van der Waals surface area contributed by atoms with Crippen molar-refractivity contribution in [2.45, 2.75) is 13.5 Å². The fourth-order valence-corrected chi connectivity index (χ4v) is 1.87. The molecule has 0 aromatic carbocycles. The summed E-state index contributed by atoms with van der Waals surface area (Å²) in [6.07, 6.45) is 1.17. The van der Waals surface area contributed by atoms with E-state index < -0.39 is 20.6 Å². The molecule has 0 spiro atoms. The molecule has 8 nitrogen and oxygen atoms in total. The first kappa shape index (κ1) is 13.1. The van der Waals surface area contributed by atoms with Gasteiger partial charge in [-0.2, -0.15) is 9.94 Å². The smallest absolute Gasteiger partial charge is 0.358 e. The van der Waals surface area contributed by atoms with Crippen LogP contribution in [0.4, 0.5) is 5.82 Å². The van der Waals surface area contributed by atoms with Crippen molar-refractivity contribution in [3.63, 3.8) is 0 Å². The van der Waals surface area contributed by atoms with Gasteiger partial charge in [-0.1, -0.05) is 6.92 Å². The Balaban J connectivity index is 2.88. The molecule has 0 unspecified atom stereocenters. The number of nitrogens with zero attached hydrogens (tertiary/aromatic N) is 4. The van der Waals surface area contributed by atoms with Gasteiger partial charge in [0.05, 0.1) is 23.6 Å². The minimum absolute atomic E-state index is 0.00130. The molecule has 0 fully saturated rings. The van der Waals surface area contributed by atoms with Crippen molar-refractivity contribution < 1.29 is 13.3 Å². The van der Waals surface area contributed by atoms with Crippen molar-refractivity contribution in [1.29, 1.82) is 5.26 Å². The molecule has 0 amide bonds. The van der Waals surface area contributed by atoms with Gasteiger partial charge in [-0.05, 0) is 4.92 Å². The molecule has 1 aromatic rings. The first-order chi connectivity index (χ1) is 7.89. The van der Waals surface area contributed by atoms with Crippen LogP contribution in [0.1, 0.15) is 12.5 Å². The fourth-order valence-electron chi connectivity index (χ4n) is 1.12. The maximum Gasteiger partial charge on any atom is 0.407 e. The Hall–Kier alpha value is -1.95. The molecule has 0 bridgehead atoms. The van der Waals surface area contributed by atoms with Crippen LogP contribution in [0.25, 0.3) is 0 Å². The third kappa shape index (κ3) is 3.25. The fraction of sp³-hybridized carbons (Fsp3) is 0.500. The summed E-state index contributed by atoms with van der Waals surface area (Å²) in [5.41, 5.74) is -0.177. The van der Waals surface area contributed by atoms with Gasteiger partial charge in [0.25, 0.3) is 0 Å². The maximum absolute atomic E-state index is 11.2. The van der Waals surface area contributed by atoms with Crippen LogP contribution in [-0.4, -0.2) is 34.6 Å². The van der Waals surface area contributed by atoms with Gasteiger partial charge in [0.1, 0.15) is 6.07 Å². The summed E-state index contributed by atoms with van der Waals surface area (Å²) < 4.78 is 23.6. The quantitative estimate of drug-likeness (QED) is 0.545. The number of hydrogen-bond acceptors (Lipinski definition) is 6. The zero-order valence-electron chi connectivity index (χ0n) is 9.03. The van der Waals surface area contributed by atoms with E-state index in [4.69, 9.17) is 5.26 Å². The largest absolute Gasteiger partial charge is 0.407 e. The van der Waals surface area contributed by atoms with Gasteiger partial charge in [-0.3, -0.25) is 0 Å². The van der Waals surface area contributed by atoms with Crippen molar-refractivity contribution in [3.05, 3.63) is 21.9 Å². The third-order valence-corrected chi connectivity index (χ3v) is 3.79. The predicted octanol–water partition coefficient (Wildman–Crippen LogP) is 0.0977. The molecular weight excluding hydrogens is 248 g/mol. The van der Waals surface area contributed by atoms with Crippen molar-refractivity contribution in [3.8, 4) is 6.07 Å². The number of nitro groups is 1. The Labute approximate surface area is 97.5 Å². The van der Waals surface area contributed by atoms with Gasteiger partial charge in [0.15, 0.2) is 15.4 Å². The van der Waals surface area contributed by atoms with Crippen LogP contribution >= 0.6 is 0 Å². The monoisotopic (exact) mass is 258 g/mol. The van der Waals surface area contributed by atoms with Gasteiger partial charge < -0.3 is 10.1 Å². The van der Waals surface area contributed by atoms with E-state index in [9.17, 15) is 18.5 Å². The Kier molecular flexibility index (Phi) is 3.80. The second-order valence-electron chi connectivity index (χ2n) is 3.23. The zero-order valence-corrected chi connectivity index (χ0v) is 9.85. The normalized spacial score (nSPS) is 11.1. The minimum Gasteiger partial charge on any atom is -0.358 e.